The molecule has 21 heavy (non-hydrogen) atoms. The number of anilines is 1. The zero-order valence-corrected chi connectivity index (χ0v) is 14.3. The highest BCUT2D eigenvalue weighted by molar-refractivity contribution is 9.10. The largest absolute Gasteiger partial charge is 0.326 e. The zero-order chi connectivity index (χ0) is 15.2. The van der Waals surface area contributed by atoms with E-state index in [2.05, 4.69) is 21.2 Å². The van der Waals surface area contributed by atoms with E-state index in [9.17, 15) is 13.2 Å². The second kappa shape index (κ2) is 5.56. The Labute approximate surface area is 136 Å². The molecule has 2 bridgehead atoms. The van der Waals surface area contributed by atoms with Crippen LogP contribution in [0.5, 0.6) is 0 Å². The highest BCUT2D eigenvalue weighted by atomic mass is 79.9. The second-order valence-electron chi connectivity index (χ2n) is 5.85. The standard InChI is InChI=1S/C14H15BrClNO3S/c15-12-7-10(3-4-13(12)21(16,19)20)17-14(18)11-6-8-1-2-9(11)5-8/h3-4,7-9,11H,1-2,5-6H2,(H,17,18). The van der Waals surface area contributed by atoms with E-state index in [4.69, 9.17) is 10.7 Å². The maximum absolute atomic E-state index is 12.3. The first-order valence-electron chi connectivity index (χ1n) is 6.89. The quantitative estimate of drug-likeness (QED) is 0.797. The lowest BCUT2D eigenvalue weighted by molar-refractivity contribution is -0.121. The Balaban J connectivity index is 1.74. The van der Waals surface area contributed by atoms with E-state index in [0.717, 1.165) is 12.8 Å². The average molecular weight is 393 g/mol. The van der Waals surface area contributed by atoms with Gasteiger partial charge in [-0.3, -0.25) is 4.79 Å². The molecular weight excluding hydrogens is 378 g/mol. The van der Waals surface area contributed by atoms with Crippen molar-refractivity contribution in [2.45, 2.75) is 30.6 Å². The predicted molar refractivity (Wildman–Crippen MR) is 84.7 cm³/mol. The number of hydrogen-bond acceptors (Lipinski definition) is 3. The summed E-state index contributed by atoms with van der Waals surface area (Å²) in [5.74, 6) is 1.36. The molecule has 1 amide bonds. The number of halogens is 2. The number of benzene rings is 1. The van der Waals surface area contributed by atoms with Gasteiger partial charge in [0.1, 0.15) is 0 Å². The van der Waals surface area contributed by atoms with Crippen LogP contribution in [0.4, 0.5) is 5.69 Å². The molecule has 3 rings (SSSR count). The molecule has 1 aromatic carbocycles. The van der Waals surface area contributed by atoms with Gasteiger partial charge in [0.05, 0.1) is 4.90 Å². The van der Waals surface area contributed by atoms with E-state index in [0.29, 0.717) is 22.0 Å². The van der Waals surface area contributed by atoms with Crippen LogP contribution in [0.15, 0.2) is 27.6 Å². The van der Waals surface area contributed by atoms with E-state index in [1.165, 1.54) is 18.9 Å². The summed E-state index contributed by atoms with van der Waals surface area (Å²) in [6, 6.07) is 4.52. The Morgan fingerprint density at radius 2 is 2.05 bits per heavy atom. The SMILES string of the molecule is O=C(Nc1ccc(S(=O)(=O)Cl)c(Br)c1)C1CC2CCC1C2. The smallest absolute Gasteiger partial charge is 0.262 e. The lowest BCUT2D eigenvalue weighted by atomic mass is 9.88. The van der Waals surface area contributed by atoms with Gasteiger partial charge in [-0.15, -0.1) is 0 Å². The molecule has 1 aromatic rings. The van der Waals surface area contributed by atoms with Crippen LogP contribution in [-0.2, 0) is 13.8 Å². The summed E-state index contributed by atoms with van der Waals surface area (Å²) in [7, 11) is 1.53. The summed E-state index contributed by atoms with van der Waals surface area (Å²) in [6.07, 6.45) is 4.55. The summed E-state index contributed by atoms with van der Waals surface area (Å²) in [6.45, 7) is 0. The molecule has 2 aliphatic rings. The van der Waals surface area contributed by atoms with Crippen molar-refractivity contribution in [3.8, 4) is 0 Å². The van der Waals surface area contributed by atoms with Crippen LogP contribution >= 0.6 is 26.6 Å². The van der Waals surface area contributed by atoms with Crippen LogP contribution in [0.2, 0.25) is 0 Å². The minimum absolute atomic E-state index is 0.00193. The molecule has 0 aliphatic heterocycles. The lowest BCUT2D eigenvalue weighted by Gasteiger charge is -2.20. The topological polar surface area (TPSA) is 63.2 Å². The Kier molecular flexibility index (Phi) is 4.05. The van der Waals surface area contributed by atoms with Gasteiger partial charge >= 0.3 is 0 Å². The number of amides is 1. The fourth-order valence-corrected chi connectivity index (χ4v) is 5.80. The number of carbonyl (C=O) groups is 1. The molecule has 0 aromatic heterocycles. The third-order valence-electron chi connectivity index (χ3n) is 4.54. The fourth-order valence-electron chi connectivity index (χ4n) is 3.58. The summed E-state index contributed by atoms with van der Waals surface area (Å²) < 4.78 is 23.0. The zero-order valence-electron chi connectivity index (χ0n) is 11.2. The monoisotopic (exact) mass is 391 g/mol. The number of rotatable bonds is 3. The molecule has 114 valence electrons. The molecule has 0 heterocycles. The highest BCUT2D eigenvalue weighted by Crippen LogP contribution is 2.48. The van der Waals surface area contributed by atoms with Crippen LogP contribution in [0, 0.1) is 17.8 Å². The van der Waals surface area contributed by atoms with Gasteiger partial charge in [-0.1, -0.05) is 6.42 Å². The molecule has 0 saturated heterocycles. The Morgan fingerprint density at radius 3 is 2.57 bits per heavy atom. The van der Waals surface area contributed by atoms with Gasteiger partial charge in [-0.05, 0) is 65.2 Å². The van der Waals surface area contributed by atoms with E-state index in [1.807, 2.05) is 0 Å². The molecule has 2 saturated carbocycles. The van der Waals surface area contributed by atoms with Gasteiger partial charge < -0.3 is 5.32 Å². The van der Waals surface area contributed by atoms with Crippen molar-refractivity contribution in [1.82, 2.24) is 0 Å². The minimum atomic E-state index is -3.79. The van der Waals surface area contributed by atoms with Gasteiger partial charge in [-0.25, -0.2) is 8.42 Å². The lowest BCUT2D eigenvalue weighted by Crippen LogP contribution is -2.27. The molecule has 4 nitrogen and oxygen atoms in total. The number of carbonyl (C=O) groups excluding carboxylic acids is 1. The molecule has 2 aliphatic carbocycles. The normalized spacial score (nSPS) is 27.8. The number of nitrogens with one attached hydrogen (secondary N) is 1. The van der Waals surface area contributed by atoms with E-state index in [-0.39, 0.29) is 16.7 Å². The van der Waals surface area contributed by atoms with Gasteiger partial charge in [0.15, 0.2) is 0 Å². The first-order chi connectivity index (χ1) is 9.84. The van der Waals surface area contributed by atoms with Crippen molar-refractivity contribution in [1.29, 1.82) is 0 Å². The van der Waals surface area contributed by atoms with Crippen molar-refractivity contribution < 1.29 is 13.2 Å². The van der Waals surface area contributed by atoms with Crippen LogP contribution in [0.1, 0.15) is 25.7 Å². The highest BCUT2D eigenvalue weighted by Gasteiger charge is 2.43. The summed E-state index contributed by atoms with van der Waals surface area (Å²) in [4.78, 5) is 12.3. The Morgan fingerprint density at radius 1 is 1.29 bits per heavy atom. The van der Waals surface area contributed by atoms with Gasteiger partial charge in [0.2, 0.25) is 5.91 Å². The van der Waals surface area contributed by atoms with Gasteiger partial charge in [0, 0.05) is 26.8 Å². The third kappa shape index (κ3) is 3.12. The van der Waals surface area contributed by atoms with Crippen LogP contribution in [0.25, 0.3) is 0 Å². The Hall–Kier alpha value is -0.590. The van der Waals surface area contributed by atoms with Crippen molar-refractivity contribution in [2.24, 2.45) is 17.8 Å². The number of fused-ring (bicyclic) bond motifs is 2. The second-order valence-corrected chi connectivity index (χ2v) is 9.24. The number of hydrogen-bond donors (Lipinski definition) is 1. The Bertz CT molecular complexity index is 691. The van der Waals surface area contributed by atoms with Crippen molar-refractivity contribution in [3.63, 3.8) is 0 Å². The molecule has 0 spiro atoms. The molecular formula is C14H15BrClNO3S. The van der Waals surface area contributed by atoms with Crippen LogP contribution in [0.3, 0.4) is 0 Å². The van der Waals surface area contributed by atoms with Crippen molar-refractivity contribution >= 4 is 47.3 Å². The first-order valence-corrected chi connectivity index (χ1v) is 10.00. The van der Waals surface area contributed by atoms with Gasteiger partial charge in [-0.2, -0.15) is 0 Å². The first kappa shape index (κ1) is 15.3. The fraction of sp³-hybridized carbons (Fsp3) is 0.500. The van der Waals surface area contributed by atoms with Crippen molar-refractivity contribution in [3.05, 3.63) is 22.7 Å². The molecule has 7 heteroatoms. The molecule has 3 unspecified atom stereocenters. The third-order valence-corrected chi connectivity index (χ3v) is 6.84. The maximum Gasteiger partial charge on any atom is 0.262 e. The predicted octanol–water partition coefficient (Wildman–Crippen LogP) is 3.75. The minimum Gasteiger partial charge on any atom is -0.326 e. The van der Waals surface area contributed by atoms with E-state index >= 15 is 0 Å². The molecule has 3 atom stereocenters. The maximum atomic E-state index is 12.3. The van der Waals surface area contributed by atoms with Gasteiger partial charge in [0.25, 0.3) is 9.05 Å². The summed E-state index contributed by atoms with van der Waals surface area (Å²) in [5.41, 5.74) is 0.582. The van der Waals surface area contributed by atoms with E-state index in [1.54, 1.807) is 12.1 Å². The summed E-state index contributed by atoms with van der Waals surface area (Å²) >= 11 is 3.17. The molecule has 0 radical (unpaired) electrons. The molecule has 1 N–H and O–H groups in total. The summed E-state index contributed by atoms with van der Waals surface area (Å²) in [5, 5.41) is 2.88. The van der Waals surface area contributed by atoms with Crippen molar-refractivity contribution in [2.75, 3.05) is 5.32 Å². The van der Waals surface area contributed by atoms with Crippen LogP contribution in [-0.4, -0.2) is 14.3 Å². The van der Waals surface area contributed by atoms with E-state index < -0.39 is 9.05 Å². The average Bonchev–Trinajstić information content (AvgIpc) is 2.99. The molecule has 2 fully saturated rings. The van der Waals surface area contributed by atoms with Crippen LogP contribution < -0.4 is 5.32 Å².